The zero-order valence-electron chi connectivity index (χ0n) is 13.4. The first kappa shape index (κ1) is 15.9. The molecule has 3 rings (SSSR count). The van der Waals surface area contributed by atoms with Gasteiger partial charge in [0.2, 0.25) is 5.90 Å². The van der Waals surface area contributed by atoms with Gasteiger partial charge in [-0.25, -0.2) is 4.99 Å². The second-order valence-electron chi connectivity index (χ2n) is 5.48. The van der Waals surface area contributed by atoms with Crippen molar-refractivity contribution in [2.75, 3.05) is 5.32 Å². The van der Waals surface area contributed by atoms with Gasteiger partial charge in [0.1, 0.15) is 5.69 Å². The molecule has 0 saturated carbocycles. The van der Waals surface area contributed by atoms with Crippen LogP contribution in [0.3, 0.4) is 0 Å². The molecular formula is C17H18N4O3. The third-order valence-corrected chi connectivity index (χ3v) is 3.78. The van der Waals surface area contributed by atoms with Crippen molar-refractivity contribution in [1.29, 1.82) is 0 Å². The van der Waals surface area contributed by atoms with Gasteiger partial charge in [0, 0.05) is 24.2 Å². The number of hydrogen-bond donors (Lipinski definition) is 2. The van der Waals surface area contributed by atoms with Gasteiger partial charge in [0.05, 0.1) is 4.92 Å². The third-order valence-electron chi connectivity index (χ3n) is 3.78. The van der Waals surface area contributed by atoms with Crippen LogP contribution >= 0.6 is 0 Å². The van der Waals surface area contributed by atoms with Gasteiger partial charge in [-0.2, -0.15) is 0 Å². The number of hydrogen-bond acceptors (Lipinski definition) is 6. The zero-order chi connectivity index (χ0) is 17.1. The van der Waals surface area contributed by atoms with Crippen molar-refractivity contribution in [3.05, 3.63) is 63.7 Å². The lowest BCUT2D eigenvalue weighted by molar-refractivity contribution is -0.384. The predicted molar refractivity (Wildman–Crippen MR) is 92.3 cm³/mol. The molecule has 7 heteroatoms. The van der Waals surface area contributed by atoms with Crippen LogP contribution in [0.5, 0.6) is 0 Å². The molecule has 1 heterocycles. The summed E-state index contributed by atoms with van der Waals surface area (Å²) in [7, 11) is 0. The quantitative estimate of drug-likeness (QED) is 0.643. The fourth-order valence-corrected chi connectivity index (χ4v) is 2.52. The van der Waals surface area contributed by atoms with Crippen LogP contribution < -0.4 is 10.8 Å². The number of anilines is 2. The molecule has 124 valence electrons. The summed E-state index contributed by atoms with van der Waals surface area (Å²) in [6.45, 7) is 3.79. The van der Waals surface area contributed by atoms with Crippen LogP contribution in [-0.2, 0) is 11.3 Å². The fraction of sp³-hybridized carbons (Fsp3) is 0.235. The Kier molecular flexibility index (Phi) is 4.43. The van der Waals surface area contributed by atoms with Gasteiger partial charge in [-0.1, -0.05) is 25.1 Å². The molecule has 0 aromatic heterocycles. The minimum absolute atomic E-state index is 0.00375. The Labute approximate surface area is 139 Å². The van der Waals surface area contributed by atoms with Crippen molar-refractivity contribution < 1.29 is 9.76 Å². The third kappa shape index (κ3) is 3.36. The highest BCUT2D eigenvalue weighted by molar-refractivity contribution is 5.75. The summed E-state index contributed by atoms with van der Waals surface area (Å²) in [5.41, 5.74) is 5.82. The maximum Gasteiger partial charge on any atom is 0.293 e. The van der Waals surface area contributed by atoms with Crippen molar-refractivity contribution in [1.82, 2.24) is 5.48 Å². The Hall–Kier alpha value is -2.93. The van der Waals surface area contributed by atoms with Crippen molar-refractivity contribution in [2.45, 2.75) is 26.4 Å². The summed E-state index contributed by atoms with van der Waals surface area (Å²) < 4.78 is 0. The van der Waals surface area contributed by atoms with Crippen LogP contribution in [0, 0.1) is 10.1 Å². The van der Waals surface area contributed by atoms with Crippen molar-refractivity contribution in [2.24, 2.45) is 4.99 Å². The average Bonchev–Trinajstić information content (AvgIpc) is 3.01. The maximum absolute atomic E-state index is 11.4. The molecule has 24 heavy (non-hydrogen) atoms. The van der Waals surface area contributed by atoms with Crippen LogP contribution in [0.2, 0.25) is 0 Å². The molecule has 0 fully saturated rings. The van der Waals surface area contributed by atoms with E-state index in [4.69, 9.17) is 4.84 Å². The van der Waals surface area contributed by atoms with E-state index >= 15 is 0 Å². The highest BCUT2D eigenvalue weighted by Gasteiger charge is 2.22. The minimum atomic E-state index is -0.429. The summed E-state index contributed by atoms with van der Waals surface area (Å²) >= 11 is 0. The van der Waals surface area contributed by atoms with Crippen LogP contribution in [0.1, 0.15) is 31.1 Å². The number of rotatable bonds is 5. The molecule has 0 spiro atoms. The zero-order valence-corrected chi connectivity index (χ0v) is 13.4. The van der Waals surface area contributed by atoms with E-state index in [-0.39, 0.29) is 5.69 Å². The van der Waals surface area contributed by atoms with Gasteiger partial charge >= 0.3 is 0 Å². The summed E-state index contributed by atoms with van der Waals surface area (Å²) in [5.74, 6) is 0.501. The molecule has 0 amide bonds. The number of hydroxylamine groups is 1. The monoisotopic (exact) mass is 326 g/mol. The number of nitro groups is 1. The van der Waals surface area contributed by atoms with Gasteiger partial charge in [-0.3, -0.25) is 10.1 Å². The Balaban J connectivity index is 1.91. The van der Waals surface area contributed by atoms with Crippen molar-refractivity contribution >= 4 is 23.0 Å². The van der Waals surface area contributed by atoms with E-state index in [1.54, 1.807) is 19.1 Å². The van der Waals surface area contributed by atoms with Crippen molar-refractivity contribution in [3.8, 4) is 0 Å². The summed E-state index contributed by atoms with van der Waals surface area (Å²) in [6.07, 6.45) is 0.475. The first-order chi connectivity index (χ1) is 11.6. The normalized spacial score (nSPS) is 16.4. The lowest BCUT2D eigenvalue weighted by Gasteiger charge is -2.11. The van der Waals surface area contributed by atoms with Crippen LogP contribution in [0.15, 0.2) is 47.5 Å². The molecule has 1 atom stereocenters. The number of aryl methyl sites for hydroxylation is 1. The number of benzene rings is 2. The van der Waals surface area contributed by atoms with Crippen LogP contribution in [-0.4, -0.2) is 10.8 Å². The molecule has 2 aromatic rings. The van der Waals surface area contributed by atoms with Crippen LogP contribution in [0.25, 0.3) is 0 Å². The van der Waals surface area contributed by atoms with E-state index in [1.165, 1.54) is 6.07 Å². The second-order valence-corrected chi connectivity index (χ2v) is 5.48. The lowest BCUT2D eigenvalue weighted by Crippen LogP contribution is -2.13. The van der Waals surface area contributed by atoms with E-state index in [1.807, 2.05) is 24.3 Å². The number of aliphatic imine (C=N–C) groups is 1. The molecule has 2 aromatic carbocycles. The lowest BCUT2D eigenvalue weighted by atomic mass is 10.1. The molecule has 0 radical (unpaired) electrons. The van der Waals surface area contributed by atoms with Gasteiger partial charge in [0.15, 0.2) is 6.17 Å². The SMILES string of the molecule is CCc1cccc(Nc2ccc(C3N=C(C)ON3)cc2[N+](=O)[O-])c1. The Morgan fingerprint density at radius 1 is 1.33 bits per heavy atom. The standard InChI is InChI=1S/C17H18N4O3/c1-3-12-5-4-6-14(9-12)19-15-8-7-13(10-16(15)21(22)23)17-18-11(2)24-20-17/h4-10,17,19-20H,3H2,1-2H3. The fourth-order valence-electron chi connectivity index (χ4n) is 2.52. The Bertz CT molecular complexity index is 804. The second kappa shape index (κ2) is 6.67. The molecule has 0 saturated heterocycles. The highest BCUT2D eigenvalue weighted by Crippen LogP contribution is 2.32. The highest BCUT2D eigenvalue weighted by atomic mass is 16.7. The van der Waals surface area contributed by atoms with E-state index in [9.17, 15) is 10.1 Å². The maximum atomic E-state index is 11.4. The molecular weight excluding hydrogens is 308 g/mol. The smallest absolute Gasteiger partial charge is 0.293 e. The molecule has 1 aliphatic rings. The topological polar surface area (TPSA) is 88.8 Å². The minimum Gasteiger partial charge on any atom is -0.391 e. The molecule has 1 aliphatic heterocycles. The summed E-state index contributed by atoms with van der Waals surface area (Å²) in [5, 5.41) is 14.6. The number of nitrogens with one attached hydrogen (secondary N) is 2. The average molecular weight is 326 g/mol. The molecule has 2 N–H and O–H groups in total. The number of nitro benzene ring substituents is 1. The van der Waals surface area contributed by atoms with E-state index in [0.717, 1.165) is 17.7 Å². The Morgan fingerprint density at radius 3 is 2.83 bits per heavy atom. The summed E-state index contributed by atoms with van der Waals surface area (Å²) in [4.78, 5) is 20.4. The van der Waals surface area contributed by atoms with E-state index < -0.39 is 11.1 Å². The molecule has 0 aliphatic carbocycles. The molecule has 0 bridgehead atoms. The molecule has 7 nitrogen and oxygen atoms in total. The van der Waals surface area contributed by atoms with Gasteiger partial charge in [0.25, 0.3) is 5.69 Å². The predicted octanol–water partition coefficient (Wildman–Crippen LogP) is 3.85. The van der Waals surface area contributed by atoms with Crippen LogP contribution in [0.4, 0.5) is 17.1 Å². The first-order valence-electron chi connectivity index (χ1n) is 7.68. The van der Waals surface area contributed by atoms with Gasteiger partial charge in [-0.05, 0) is 30.2 Å². The largest absolute Gasteiger partial charge is 0.391 e. The van der Waals surface area contributed by atoms with E-state index in [0.29, 0.717) is 17.1 Å². The van der Waals surface area contributed by atoms with E-state index in [2.05, 4.69) is 22.7 Å². The molecule has 1 unspecified atom stereocenters. The Morgan fingerprint density at radius 2 is 2.17 bits per heavy atom. The van der Waals surface area contributed by atoms with Crippen molar-refractivity contribution in [3.63, 3.8) is 0 Å². The van der Waals surface area contributed by atoms with Gasteiger partial charge < -0.3 is 10.2 Å². The first-order valence-corrected chi connectivity index (χ1v) is 7.68. The van der Waals surface area contributed by atoms with Gasteiger partial charge in [-0.15, -0.1) is 5.48 Å². The number of nitrogens with zero attached hydrogens (tertiary/aromatic N) is 2. The summed E-state index contributed by atoms with van der Waals surface area (Å²) in [6, 6.07) is 12.8.